The van der Waals surface area contributed by atoms with Crippen LogP contribution in [-0.2, 0) is 14.8 Å². The first-order valence-electron chi connectivity index (χ1n) is 6.01. The summed E-state index contributed by atoms with van der Waals surface area (Å²) in [5.74, 6) is -0.805. The Kier molecular flexibility index (Phi) is 6.20. The smallest absolute Gasteiger partial charge is 0.243 e. The molecule has 0 atom stereocenters. The van der Waals surface area contributed by atoms with Gasteiger partial charge in [0, 0.05) is 25.9 Å². The van der Waals surface area contributed by atoms with Crippen LogP contribution in [0.4, 0.5) is 10.1 Å². The summed E-state index contributed by atoms with van der Waals surface area (Å²) in [5, 5.41) is 0. The summed E-state index contributed by atoms with van der Waals surface area (Å²) in [5.41, 5.74) is 5.67. The van der Waals surface area contributed by atoms with Gasteiger partial charge in [-0.25, -0.2) is 17.5 Å². The minimum atomic E-state index is -3.84. The van der Waals surface area contributed by atoms with Gasteiger partial charge in [-0.15, -0.1) is 0 Å². The highest BCUT2D eigenvalue weighted by Gasteiger charge is 2.18. The van der Waals surface area contributed by atoms with E-state index in [9.17, 15) is 12.8 Å². The number of methoxy groups -OCH3 is 1. The van der Waals surface area contributed by atoms with Crippen LogP contribution < -0.4 is 10.5 Å². The van der Waals surface area contributed by atoms with E-state index < -0.39 is 20.7 Å². The molecule has 0 saturated carbocycles. The Morgan fingerprint density at radius 3 is 2.74 bits per heavy atom. The molecule has 7 heteroatoms. The van der Waals surface area contributed by atoms with E-state index in [1.807, 2.05) is 0 Å². The van der Waals surface area contributed by atoms with E-state index in [0.717, 1.165) is 25.0 Å². The van der Waals surface area contributed by atoms with Gasteiger partial charge in [-0.2, -0.15) is 0 Å². The number of nitrogens with one attached hydrogen (secondary N) is 1. The summed E-state index contributed by atoms with van der Waals surface area (Å²) in [6, 6.07) is 3.48. The summed E-state index contributed by atoms with van der Waals surface area (Å²) >= 11 is 0. The van der Waals surface area contributed by atoms with Gasteiger partial charge in [0.2, 0.25) is 10.0 Å². The van der Waals surface area contributed by atoms with Crippen LogP contribution in [0, 0.1) is 5.82 Å². The zero-order valence-electron chi connectivity index (χ0n) is 10.9. The van der Waals surface area contributed by atoms with Crippen LogP contribution in [0.15, 0.2) is 23.1 Å². The molecular formula is C12H19FN2O3S. The van der Waals surface area contributed by atoms with Crippen molar-refractivity contribution in [2.24, 2.45) is 0 Å². The van der Waals surface area contributed by atoms with Gasteiger partial charge in [0.15, 0.2) is 0 Å². The number of benzene rings is 1. The molecule has 0 fully saturated rings. The fourth-order valence-electron chi connectivity index (χ4n) is 1.56. The van der Waals surface area contributed by atoms with Crippen molar-refractivity contribution >= 4 is 15.7 Å². The molecule has 0 spiro atoms. The monoisotopic (exact) mass is 290 g/mol. The van der Waals surface area contributed by atoms with Crippen LogP contribution in [0.1, 0.15) is 19.3 Å². The van der Waals surface area contributed by atoms with Crippen LogP contribution in [0.5, 0.6) is 0 Å². The van der Waals surface area contributed by atoms with Crippen LogP contribution in [-0.4, -0.2) is 28.7 Å². The molecule has 0 unspecified atom stereocenters. The fraction of sp³-hybridized carbons (Fsp3) is 0.500. The number of nitrogens with two attached hydrogens (primary N) is 1. The molecule has 0 aliphatic rings. The van der Waals surface area contributed by atoms with Crippen molar-refractivity contribution in [3.8, 4) is 0 Å². The van der Waals surface area contributed by atoms with Crippen molar-refractivity contribution in [3.05, 3.63) is 24.0 Å². The number of unbranched alkanes of at least 4 members (excludes halogenated alkanes) is 2. The molecule has 5 nitrogen and oxygen atoms in total. The topological polar surface area (TPSA) is 81.4 Å². The Morgan fingerprint density at radius 2 is 2.05 bits per heavy atom. The third-order valence-electron chi connectivity index (χ3n) is 2.56. The third kappa shape index (κ3) is 5.14. The molecule has 0 aliphatic heterocycles. The summed E-state index contributed by atoms with van der Waals surface area (Å²) in [7, 11) is -2.23. The van der Waals surface area contributed by atoms with Crippen molar-refractivity contribution in [1.29, 1.82) is 0 Å². The van der Waals surface area contributed by atoms with E-state index in [4.69, 9.17) is 10.5 Å². The maximum absolute atomic E-state index is 13.4. The van der Waals surface area contributed by atoms with E-state index in [-0.39, 0.29) is 12.2 Å². The molecule has 0 heterocycles. The summed E-state index contributed by atoms with van der Waals surface area (Å²) < 4.78 is 44.4. The van der Waals surface area contributed by atoms with Gasteiger partial charge in [0.05, 0.1) is 0 Å². The van der Waals surface area contributed by atoms with Crippen molar-refractivity contribution < 1.29 is 17.5 Å². The van der Waals surface area contributed by atoms with Gasteiger partial charge in [-0.1, -0.05) is 0 Å². The Balaban J connectivity index is 2.54. The summed E-state index contributed by atoms with van der Waals surface area (Å²) in [6.07, 6.45) is 2.38. The minimum absolute atomic E-state index is 0.210. The second kappa shape index (κ2) is 7.42. The van der Waals surface area contributed by atoms with E-state index in [2.05, 4.69) is 4.72 Å². The molecule has 0 bridgehead atoms. The van der Waals surface area contributed by atoms with E-state index in [0.29, 0.717) is 13.0 Å². The lowest BCUT2D eigenvalue weighted by atomic mass is 10.2. The van der Waals surface area contributed by atoms with Gasteiger partial charge in [0.1, 0.15) is 10.7 Å². The Labute approximate surface area is 113 Å². The molecule has 0 saturated heterocycles. The minimum Gasteiger partial charge on any atom is -0.399 e. The van der Waals surface area contributed by atoms with E-state index in [1.165, 1.54) is 6.07 Å². The molecule has 0 aromatic heterocycles. The largest absolute Gasteiger partial charge is 0.399 e. The first-order valence-corrected chi connectivity index (χ1v) is 7.49. The standard InChI is InChI=1S/C12H19FN2O3S/c1-18-8-4-2-3-7-15-19(16,17)12-9-10(14)5-6-11(12)13/h5-6,9,15H,2-4,7-8,14H2,1H3. The fourth-order valence-corrected chi connectivity index (χ4v) is 2.74. The zero-order valence-corrected chi connectivity index (χ0v) is 11.7. The summed E-state index contributed by atoms with van der Waals surface area (Å²) in [6.45, 7) is 0.914. The molecule has 1 rings (SSSR count). The predicted octanol–water partition coefficient (Wildman–Crippen LogP) is 1.50. The van der Waals surface area contributed by atoms with Gasteiger partial charge < -0.3 is 10.5 Å². The normalized spacial score (nSPS) is 11.7. The highest BCUT2D eigenvalue weighted by atomic mass is 32.2. The molecule has 0 amide bonds. The van der Waals surface area contributed by atoms with Crippen molar-refractivity contribution in [3.63, 3.8) is 0 Å². The quantitative estimate of drug-likeness (QED) is 0.561. The molecule has 1 aromatic rings. The molecule has 0 radical (unpaired) electrons. The second-order valence-electron chi connectivity index (χ2n) is 4.14. The first-order chi connectivity index (χ1) is 8.97. The Hall–Kier alpha value is -1.18. The Morgan fingerprint density at radius 1 is 1.32 bits per heavy atom. The maximum Gasteiger partial charge on any atom is 0.243 e. The molecule has 108 valence electrons. The van der Waals surface area contributed by atoms with E-state index >= 15 is 0 Å². The van der Waals surface area contributed by atoms with Crippen molar-refractivity contribution in [1.82, 2.24) is 4.72 Å². The number of hydrogen-bond acceptors (Lipinski definition) is 4. The first kappa shape index (κ1) is 15.9. The third-order valence-corrected chi connectivity index (χ3v) is 4.04. The Bertz CT molecular complexity index is 506. The van der Waals surface area contributed by atoms with Gasteiger partial charge >= 0.3 is 0 Å². The number of hydrogen-bond donors (Lipinski definition) is 2. The number of halogens is 1. The zero-order chi connectivity index (χ0) is 14.3. The molecular weight excluding hydrogens is 271 g/mol. The van der Waals surface area contributed by atoms with Crippen molar-refractivity contribution in [2.45, 2.75) is 24.2 Å². The number of anilines is 1. The van der Waals surface area contributed by atoms with Gasteiger partial charge in [-0.05, 0) is 37.5 Å². The van der Waals surface area contributed by atoms with E-state index in [1.54, 1.807) is 7.11 Å². The SMILES string of the molecule is COCCCCCNS(=O)(=O)c1cc(N)ccc1F. The lowest BCUT2D eigenvalue weighted by molar-refractivity contribution is 0.192. The van der Waals surface area contributed by atoms with Crippen LogP contribution in [0.25, 0.3) is 0 Å². The average Bonchev–Trinajstić information content (AvgIpc) is 2.36. The van der Waals surface area contributed by atoms with Crippen LogP contribution in [0.2, 0.25) is 0 Å². The highest BCUT2D eigenvalue weighted by Crippen LogP contribution is 2.17. The maximum atomic E-state index is 13.4. The molecule has 1 aromatic carbocycles. The lowest BCUT2D eigenvalue weighted by Gasteiger charge is -2.08. The number of ether oxygens (including phenoxy) is 1. The molecule has 0 aliphatic carbocycles. The second-order valence-corrected chi connectivity index (χ2v) is 5.88. The van der Waals surface area contributed by atoms with Gasteiger partial charge in [-0.3, -0.25) is 0 Å². The lowest BCUT2D eigenvalue weighted by Crippen LogP contribution is -2.25. The van der Waals surface area contributed by atoms with Crippen LogP contribution >= 0.6 is 0 Å². The molecule has 3 N–H and O–H groups in total. The number of sulfonamides is 1. The highest BCUT2D eigenvalue weighted by molar-refractivity contribution is 7.89. The van der Waals surface area contributed by atoms with Crippen molar-refractivity contribution in [2.75, 3.05) is 26.0 Å². The number of nitrogen functional groups attached to an aromatic ring is 1. The average molecular weight is 290 g/mol. The van der Waals surface area contributed by atoms with Crippen LogP contribution in [0.3, 0.4) is 0 Å². The predicted molar refractivity (Wildman–Crippen MR) is 71.7 cm³/mol. The molecule has 19 heavy (non-hydrogen) atoms. The summed E-state index contributed by atoms with van der Waals surface area (Å²) in [4.78, 5) is -0.413. The number of rotatable bonds is 8. The van der Waals surface area contributed by atoms with Gasteiger partial charge in [0.25, 0.3) is 0 Å².